The van der Waals surface area contributed by atoms with Crippen LogP contribution in [-0.2, 0) is 9.13 Å². The molecular formula is C25H19N5O2P2. The molecule has 0 bridgehead atoms. The lowest BCUT2D eigenvalue weighted by molar-refractivity contribution is 0.591. The summed E-state index contributed by atoms with van der Waals surface area (Å²) in [6.45, 7) is 0. The maximum Gasteiger partial charge on any atom is 0.191 e. The van der Waals surface area contributed by atoms with Gasteiger partial charge in [-0.15, -0.1) is 0 Å². The first-order valence-corrected chi connectivity index (χ1v) is 13.9. The highest BCUT2D eigenvalue weighted by molar-refractivity contribution is 7.86. The zero-order valence-corrected chi connectivity index (χ0v) is 19.7. The van der Waals surface area contributed by atoms with Gasteiger partial charge in [0.05, 0.1) is 0 Å². The van der Waals surface area contributed by atoms with E-state index in [-0.39, 0.29) is 0 Å². The summed E-state index contributed by atoms with van der Waals surface area (Å²) in [5.41, 5.74) is 0.609. The van der Waals surface area contributed by atoms with Gasteiger partial charge in [-0.1, -0.05) is 6.07 Å². The second kappa shape index (κ2) is 9.22. The van der Waals surface area contributed by atoms with E-state index in [0.29, 0.717) is 32.1 Å². The van der Waals surface area contributed by atoms with Crippen molar-refractivity contribution in [3.05, 3.63) is 116 Å². The summed E-state index contributed by atoms with van der Waals surface area (Å²) in [6.07, 6.45) is 12.8. The molecule has 0 saturated carbocycles. The topological polar surface area (TPSA) is 98.6 Å². The van der Waals surface area contributed by atoms with Crippen molar-refractivity contribution in [2.75, 3.05) is 0 Å². The normalized spacial score (nSPS) is 11.8. The third-order valence-electron chi connectivity index (χ3n) is 5.40. The Labute approximate surface area is 196 Å². The lowest BCUT2D eigenvalue weighted by Crippen LogP contribution is -2.34. The molecule has 34 heavy (non-hydrogen) atoms. The highest BCUT2D eigenvalue weighted by atomic mass is 31.2. The average Bonchev–Trinajstić information content (AvgIpc) is 2.94. The van der Waals surface area contributed by atoms with E-state index in [4.69, 9.17) is 4.98 Å². The second-order valence-electron chi connectivity index (χ2n) is 7.42. The fourth-order valence-corrected chi connectivity index (χ4v) is 8.67. The van der Waals surface area contributed by atoms with Crippen LogP contribution in [0.2, 0.25) is 0 Å². The van der Waals surface area contributed by atoms with E-state index in [1.54, 1.807) is 116 Å². The van der Waals surface area contributed by atoms with Crippen molar-refractivity contribution in [2.45, 2.75) is 0 Å². The average molecular weight is 483 g/mol. The molecule has 0 aliphatic carbocycles. The first kappa shape index (κ1) is 22.0. The molecule has 9 heteroatoms. The molecule has 5 rings (SSSR count). The molecule has 0 radical (unpaired) electrons. The lowest BCUT2D eigenvalue weighted by atomic mass is 10.5. The van der Waals surface area contributed by atoms with Crippen LogP contribution in [0.15, 0.2) is 116 Å². The number of hydrogen-bond acceptors (Lipinski definition) is 7. The van der Waals surface area contributed by atoms with E-state index in [1.165, 1.54) is 0 Å². The summed E-state index contributed by atoms with van der Waals surface area (Å²) in [5, 5.41) is 2.07. The minimum Gasteiger partial charge on any atom is -0.307 e. The molecule has 0 aliphatic rings. The van der Waals surface area contributed by atoms with Gasteiger partial charge in [0.25, 0.3) is 0 Å². The SMILES string of the molecule is O=P(c1cccnc1)(c1cccnc1)c1cccc(P(=O)(c2cccnc2)c2cccnc2)n1. The smallest absolute Gasteiger partial charge is 0.191 e. The van der Waals surface area contributed by atoms with Crippen LogP contribution in [0.3, 0.4) is 0 Å². The summed E-state index contributed by atoms with van der Waals surface area (Å²) in [6, 6.07) is 19.1. The minimum absolute atomic E-state index is 0.305. The molecule has 0 amide bonds. The van der Waals surface area contributed by atoms with Gasteiger partial charge in [-0.3, -0.25) is 19.9 Å². The van der Waals surface area contributed by atoms with Gasteiger partial charge in [0.15, 0.2) is 14.3 Å². The number of pyridine rings is 5. The molecule has 5 aromatic rings. The quantitative estimate of drug-likeness (QED) is 0.341. The van der Waals surface area contributed by atoms with Gasteiger partial charge in [-0.2, -0.15) is 0 Å². The van der Waals surface area contributed by atoms with Gasteiger partial charge in [-0.05, 0) is 60.7 Å². The third kappa shape index (κ3) is 3.79. The van der Waals surface area contributed by atoms with Gasteiger partial charge >= 0.3 is 0 Å². The summed E-state index contributed by atoms with van der Waals surface area (Å²) in [7, 11) is -6.89. The molecule has 0 N–H and O–H groups in total. The highest BCUT2D eigenvalue weighted by Gasteiger charge is 2.36. The van der Waals surface area contributed by atoms with Crippen LogP contribution in [0, 0.1) is 0 Å². The maximum absolute atomic E-state index is 14.7. The molecule has 0 atom stereocenters. The van der Waals surface area contributed by atoms with Gasteiger partial charge in [0.1, 0.15) is 10.9 Å². The van der Waals surface area contributed by atoms with Crippen LogP contribution in [0.4, 0.5) is 0 Å². The Morgan fingerprint density at radius 3 is 1.03 bits per heavy atom. The van der Waals surface area contributed by atoms with Crippen LogP contribution in [0.5, 0.6) is 0 Å². The van der Waals surface area contributed by atoms with Crippen LogP contribution >= 0.6 is 14.3 Å². The zero-order chi connectivity index (χ0) is 23.4. The Kier molecular flexibility index (Phi) is 5.97. The highest BCUT2D eigenvalue weighted by Crippen LogP contribution is 2.44. The molecular weight excluding hydrogens is 464 g/mol. The molecule has 7 nitrogen and oxygen atoms in total. The Bertz CT molecular complexity index is 1300. The predicted molar refractivity (Wildman–Crippen MR) is 134 cm³/mol. The molecule has 5 heterocycles. The van der Waals surface area contributed by atoms with Crippen LogP contribution < -0.4 is 32.1 Å². The van der Waals surface area contributed by atoms with E-state index in [2.05, 4.69) is 19.9 Å². The Hall–Kier alpha value is -3.79. The zero-order valence-electron chi connectivity index (χ0n) is 17.9. The van der Waals surface area contributed by atoms with Crippen molar-refractivity contribution in [1.29, 1.82) is 0 Å². The number of hydrogen-bond donors (Lipinski definition) is 0. The fourth-order valence-electron chi connectivity index (χ4n) is 3.75. The van der Waals surface area contributed by atoms with Crippen molar-refractivity contribution in [3.8, 4) is 0 Å². The van der Waals surface area contributed by atoms with Crippen molar-refractivity contribution in [2.24, 2.45) is 0 Å². The largest absolute Gasteiger partial charge is 0.307 e. The van der Waals surface area contributed by atoms with Crippen molar-refractivity contribution in [3.63, 3.8) is 0 Å². The fraction of sp³-hybridized carbons (Fsp3) is 0. The van der Waals surface area contributed by atoms with Gasteiger partial charge in [-0.25, -0.2) is 4.98 Å². The van der Waals surface area contributed by atoms with Crippen molar-refractivity contribution >= 4 is 46.4 Å². The van der Waals surface area contributed by atoms with Crippen LogP contribution in [-0.4, -0.2) is 24.9 Å². The van der Waals surface area contributed by atoms with E-state index < -0.39 is 14.3 Å². The molecule has 0 saturated heterocycles. The summed E-state index contributed by atoms with van der Waals surface area (Å²) in [4.78, 5) is 21.5. The Balaban J connectivity index is 1.76. The number of aromatic nitrogens is 5. The lowest BCUT2D eigenvalue weighted by Gasteiger charge is -2.22. The first-order chi connectivity index (χ1) is 16.6. The molecule has 0 fully saturated rings. The van der Waals surface area contributed by atoms with E-state index in [1.807, 2.05) is 0 Å². The van der Waals surface area contributed by atoms with Crippen LogP contribution in [0.25, 0.3) is 0 Å². The molecule has 0 spiro atoms. The molecule has 166 valence electrons. The summed E-state index contributed by atoms with van der Waals surface area (Å²) in [5.74, 6) is 0. The Morgan fingerprint density at radius 2 is 0.765 bits per heavy atom. The van der Waals surface area contributed by atoms with Crippen LogP contribution in [0.1, 0.15) is 0 Å². The van der Waals surface area contributed by atoms with Gasteiger partial charge < -0.3 is 9.13 Å². The van der Waals surface area contributed by atoms with E-state index >= 15 is 0 Å². The van der Waals surface area contributed by atoms with E-state index in [9.17, 15) is 9.13 Å². The number of nitrogens with zero attached hydrogens (tertiary/aromatic N) is 5. The van der Waals surface area contributed by atoms with E-state index in [0.717, 1.165) is 0 Å². The maximum atomic E-state index is 14.7. The van der Waals surface area contributed by atoms with Gasteiger partial charge in [0.2, 0.25) is 0 Å². The summed E-state index contributed by atoms with van der Waals surface area (Å²) < 4.78 is 29.4. The van der Waals surface area contributed by atoms with Crippen molar-refractivity contribution in [1.82, 2.24) is 24.9 Å². The second-order valence-corrected chi connectivity index (χ2v) is 12.8. The van der Waals surface area contributed by atoms with Gasteiger partial charge in [0, 0.05) is 70.8 Å². The molecule has 5 aromatic heterocycles. The Morgan fingerprint density at radius 1 is 0.441 bits per heavy atom. The first-order valence-electron chi connectivity index (χ1n) is 10.4. The number of rotatable bonds is 6. The molecule has 0 aliphatic heterocycles. The molecule has 0 aromatic carbocycles. The summed E-state index contributed by atoms with van der Waals surface area (Å²) >= 11 is 0. The standard InChI is InChI=1S/C25H19N5O2P2/c31-33(20-6-2-12-26-16-20,21-7-3-13-27-17-21)24-10-1-11-25(30-24)34(32,22-8-4-14-28-18-22)23-9-5-15-29-19-23/h1-19H. The molecule has 0 unspecified atom stereocenters. The van der Waals surface area contributed by atoms with Crippen molar-refractivity contribution < 1.29 is 9.13 Å². The third-order valence-corrected chi connectivity index (χ3v) is 11.2. The minimum atomic E-state index is -3.44. The predicted octanol–water partition coefficient (Wildman–Crippen LogP) is 1.94. The monoisotopic (exact) mass is 483 g/mol.